The van der Waals surface area contributed by atoms with E-state index in [2.05, 4.69) is 26.7 Å². The number of hydrogen-bond acceptors (Lipinski definition) is 0. The molecule has 0 saturated heterocycles. The van der Waals surface area contributed by atoms with E-state index in [0.29, 0.717) is 0 Å². The van der Waals surface area contributed by atoms with E-state index in [9.17, 15) is 0 Å². The Kier molecular flexibility index (Phi) is 10.2. The van der Waals surface area contributed by atoms with Crippen LogP contribution in [-0.2, 0) is 18.6 Å². The molecule has 87 valence electrons. The smallest absolute Gasteiger partial charge is 0 e. The minimum atomic E-state index is 0. The van der Waals surface area contributed by atoms with Crippen molar-refractivity contribution in [3.63, 3.8) is 0 Å². The van der Waals surface area contributed by atoms with Crippen LogP contribution in [0, 0.1) is 24.7 Å². The van der Waals surface area contributed by atoms with Gasteiger partial charge in [0.15, 0.2) is 0 Å². The second kappa shape index (κ2) is 9.79. The Balaban J connectivity index is 0.000000245. The molecule has 1 heteroatoms. The normalized spacial score (nSPS) is 22.0. The van der Waals surface area contributed by atoms with Gasteiger partial charge in [-0.05, 0) is 37.5 Å². The van der Waals surface area contributed by atoms with Gasteiger partial charge >= 0.3 is 0 Å². The summed E-state index contributed by atoms with van der Waals surface area (Å²) >= 11 is 0. The fourth-order valence-electron chi connectivity index (χ4n) is 2.45. The Labute approximate surface area is 108 Å². The molecule has 0 N–H and O–H groups in total. The van der Waals surface area contributed by atoms with Crippen molar-refractivity contribution in [1.29, 1.82) is 0 Å². The van der Waals surface area contributed by atoms with Crippen LogP contribution < -0.4 is 0 Å². The second-order valence-electron chi connectivity index (χ2n) is 4.73. The van der Waals surface area contributed by atoms with E-state index >= 15 is 0 Å². The van der Waals surface area contributed by atoms with E-state index in [1.165, 1.54) is 51.4 Å². The average molecular weight is 245 g/mol. The molecule has 1 atom stereocenters. The van der Waals surface area contributed by atoms with Crippen molar-refractivity contribution in [1.82, 2.24) is 0 Å². The van der Waals surface area contributed by atoms with Gasteiger partial charge in [0.2, 0.25) is 0 Å². The maximum absolute atomic E-state index is 2.33. The Morgan fingerprint density at radius 2 is 1.67 bits per heavy atom. The first-order valence-electron chi connectivity index (χ1n) is 6.53. The molecule has 0 aliphatic heterocycles. The van der Waals surface area contributed by atoms with Crippen LogP contribution in [0.3, 0.4) is 0 Å². The summed E-state index contributed by atoms with van der Waals surface area (Å²) in [7, 11) is 0. The van der Waals surface area contributed by atoms with Gasteiger partial charge in [-0.3, -0.25) is 0 Å². The van der Waals surface area contributed by atoms with E-state index in [4.69, 9.17) is 0 Å². The second-order valence-corrected chi connectivity index (χ2v) is 4.73. The third-order valence-electron chi connectivity index (χ3n) is 3.69. The van der Waals surface area contributed by atoms with Gasteiger partial charge in [-0.1, -0.05) is 52.4 Å². The molecular weight excluding hydrogens is 219 g/mol. The maximum atomic E-state index is 2.33. The van der Waals surface area contributed by atoms with Gasteiger partial charge in [-0.2, -0.15) is 0 Å². The summed E-state index contributed by atoms with van der Waals surface area (Å²) in [6.45, 7) is 4.55. The Morgan fingerprint density at radius 1 is 1.00 bits per heavy atom. The van der Waals surface area contributed by atoms with Crippen molar-refractivity contribution in [2.75, 3.05) is 0 Å². The first-order chi connectivity index (χ1) is 6.86. The summed E-state index contributed by atoms with van der Waals surface area (Å²) < 4.78 is 0. The molecule has 0 amide bonds. The summed E-state index contributed by atoms with van der Waals surface area (Å²) in [5, 5.41) is 0. The van der Waals surface area contributed by atoms with E-state index in [-0.39, 0.29) is 18.6 Å². The first kappa shape index (κ1) is 15.6. The Morgan fingerprint density at radius 3 is 1.93 bits per heavy atom. The molecule has 0 spiro atoms. The van der Waals surface area contributed by atoms with Crippen LogP contribution in [0.5, 0.6) is 0 Å². The van der Waals surface area contributed by atoms with E-state index in [1.54, 1.807) is 0 Å². The predicted molar refractivity (Wildman–Crippen MR) is 63.9 cm³/mol. The monoisotopic (exact) mass is 245 g/mol. The van der Waals surface area contributed by atoms with Crippen molar-refractivity contribution in [2.24, 2.45) is 11.8 Å². The molecule has 2 fully saturated rings. The van der Waals surface area contributed by atoms with Crippen LogP contribution in [0.1, 0.15) is 65.2 Å². The molecule has 2 aliphatic carbocycles. The molecule has 1 unspecified atom stereocenters. The van der Waals surface area contributed by atoms with Crippen molar-refractivity contribution >= 4 is 0 Å². The molecule has 15 heavy (non-hydrogen) atoms. The van der Waals surface area contributed by atoms with E-state index < -0.39 is 0 Å². The molecule has 2 aliphatic rings. The molecule has 2 rings (SSSR count). The minimum absolute atomic E-state index is 0. The zero-order valence-electron chi connectivity index (χ0n) is 10.4. The van der Waals surface area contributed by atoms with Crippen molar-refractivity contribution < 1.29 is 18.6 Å². The molecule has 0 bridgehead atoms. The van der Waals surface area contributed by atoms with Crippen LogP contribution in [-0.4, -0.2) is 0 Å². The molecule has 0 aromatic carbocycles. The van der Waals surface area contributed by atoms with Crippen molar-refractivity contribution in [3.05, 3.63) is 12.8 Å². The van der Waals surface area contributed by atoms with Crippen LogP contribution >= 0.6 is 0 Å². The fraction of sp³-hybridized carbons (Fsp3) is 0.857. The topological polar surface area (TPSA) is 0 Å². The molecule has 0 heterocycles. The zero-order chi connectivity index (χ0) is 10.2. The summed E-state index contributed by atoms with van der Waals surface area (Å²) in [6.07, 6.45) is 16.1. The zero-order valence-corrected chi connectivity index (χ0v) is 11.8. The summed E-state index contributed by atoms with van der Waals surface area (Å²) in [6, 6.07) is 0. The summed E-state index contributed by atoms with van der Waals surface area (Å²) in [5.41, 5.74) is 0. The van der Waals surface area contributed by atoms with Gasteiger partial charge in [-0.15, -0.1) is 0 Å². The maximum Gasteiger partial charge on any atom is 0 e. The molecule has 0 aromatic heterocycles. The molecular formula is C14H26V. The van der Waals surface area contributed by atoms with Crippen LogP contribution in [0.2, 0.25) is 0 Å². The molecule has 3 radical (unpaired) electrons. The van der Waals surface area contributed by atoms with Crippen molar-refractivity contribution in [3.8, 4) is 0 Å². The van der Waals surface area contributed by atoms with Gasteiger partial charge in [0.1, 0.15) is 0 Å². The SMILES string of the molecule is CCC1CCCC1.CCC1[CH][CH]CC1.[V]. The number of hydrogen-bond donors (Lipinski definition) is 0. The van der Waals surface area contributed by atoms with Gasteiger partial charge in [-0.25, -0.2) is 0 Å². The Hall–Kier alpha value is 0.584. The van der Waals surface area contributed by atoms with Crippen LogP contribution in [0.4, 0.5) is 0 Å². The fourth-order valence-corrected chi connectivity index (χ4v) is 2.45. The van der Waals surface area contributed by atoms with Gasteiger partial charge in [0, 0.05) is 18.6 Å². The van der Waals surface area contributed by atoms with Gasteiger partial charge < -0.3 is 0 Å². The first-order valence-corrected chi connectivity index (χ1v) is 6.53. The van der Waals surface area contributed by atoms with E-state index in [1.807, 2.05) is 0 Å². The van der Waals surface area contributed by atoms with Gasteiger partial charge in [0.25, 0.3) is 0 Å². The van der Waals surface area contributed by atoms with Gasteiger partial charge in [0.05, 0.1) is 0 Å². The quantitative estimate of drug-likeness (QED) is 0.655. The van der Waals surface area contributed by atoms with Crippen LogP contribution in [0.15, 0.2) is 0 Å². The average Bonchev–Trinajstić information content (AvgIpc) is 2.92. The third kappa shape index (κ3) is 6.69. The predicted octanol–water partition coefficient (Wildman–Crippen LogP) is 4.80. The molecule has 0 aromatic rings. The third-order valence-corrected chi connectivity index (χ3v) is 3.69. The summed E-state index contributed by atoms with van der Waals surface area (Å²) in [5.74, 6) is 2.01. The Bertz CT molecular complexity index is 105. The van der Waals surface area contributed by atoms with Crippen molar-refractivity contribution in [2.45, 2.75) is 65.2 Å². The molecule has 0 nitrogen and oxygen atoms in total. The largest absolute Gasteiger partial charge is 0.0651 e. The standard InChI is InChI=1S/C7H14.C7H12.V/c2*1-2-7-5-3-4-6-7;/h7H,2-6H2,1H3;3,5,7H,2,4,6H2,1H3;. The van der Waals surface area contributed by atoms with Crippen LogP contribution in [0.25, 0.3) is 0 Å². The molecule has 2 saturated carbocycles. The van der Waals surface area contributed by atoms with E-state index in [0.717, 1.165) is 11.8 Å². The summed E-state index contributed by atoms with van der Waals surface area (Å²) in [4.78, 5) is 0. The minimum Gasteiger partial charge on any atom is -0.0651 e. The number of rotatable bonds is 2.